The van der Waals surface area contributed by atoms with Crippen LogP contribution in [0.5, 0.6) is 0 Å². The van der Waals surface area contributed by atoms with Gasteiger partial charge in [0.25, 0.3) is 0 Å². The lowest BCUT2D eigenvalue weighted by Gasteiger charge is -2.03. The van der Waals surface area contributed by atoms with Crippen LogP contribution in [0.15, 0.2) is 48.9 Å². The van der Waals surface area contributed by atoms with Crippen molar-refractivity contribution in [2.45, 2.75) is 84.1 Å². The Balaban J connectivity index is 1.35. The van der Waals surface area contributed by atoms with E-state index in [0.717, 1.165) is 0 Å². The Morgan fingerprint density at radius 2 is 1.44 bits per heavy atom. The van der Waals surface area contributed by atoms with Crippen molar-refractivity contribution in [1.82, 2.24) is 4.98 Å². The summed E-state index contributed by atoms with van der Waals surface area (Å²) in [7, 11) is 0. The lowest BCUT2D eigenvalue weighted by atomic mass is 10.0. The van der Waals surface area contributed by atoms with Crippen LogP contribution in [0.2, 0.25) is 0 Å². The van der Waals surface area contributed by atoms with Gasteiger partial charge in [-0.3, -0.25) is 4.98 Å². The third-order valence-corrected chi connectivity index (χ3v) is 5.00. The van der Waals surface area contributed by atoms with Gasteiger partial charge in [-0.15, -0.1) is 0 Å². The van der Waals surface area contributed by atoms with Crippen LogP contribution in [-0.2, 0) is 13.0 Å². The second-order valence-corrected chi connectivity index (χ2v) is 7.18. The average molecular weight is 340 g/mol. The second-order valence-electron chi connectivity index (χ2n) is 7.18. The molecule has 2 aromatic rings. The van der Waals surface area contributed by atoms with Crippen molar-refractivity contribution < 1.29 is 4.57 Å². The topological polar surface area (TPSA) is 16.8 Å². The summed E-state index contributed by atoms with van der Waals surface area (Å²) in [5.74, 6) is 0. The predicted octanol–water partition coefficient (Wildman–Crippen LogP) is 5.82. The first-order valence-electron chi connectivity index (χ1n) is 10.2. The number of aryl methyl sites for hydroxylation is 3. The SMILES string of the molecule is Cc1cccc[n+]1CCCCCCCCCCCCc1cccnc1. The van der Waals surface area contributed by atoms with Gasteiger partial charge < -0.3 is 0 Å². The summed E-state index contributed by atoms with van der Waals surface area (Å²) in [6, 6.07) is 10.7. The lowest BCUT2D eigenvalue weighted by Crippen LogP contribution is -2.36. The number of rotatable bonds is 13. The van der Waals surface area contributed by atoms with Crippen LogP contribution in [0.4, 0.5) is 0 Å². The first-order chi connectivity index (χ1) is 12.4. The number of nitrogens with zero attached hydrogens (tertiary/aromatic N) is 2. The molecule has 0 radical (unpaired) electrons. The van der Waals surface area contributed by atoms with E-state index < -0.39 is 0 Å². The Morgan fingerprint density at radius 1 is 0.760 bits per heavy atom. The molecular formula is C23H35N2+. The molecule has 2 aromatic heterocycles. The molecule has 2 heteroatoms. The standard InChI is InChI=1S/C23H35N2/c1-22-15-11-13-20-25(22)19-12-9-7-5-3-2-4-6-8-10-16-23-17-14-18-24-21-23/h11,13-15,17-18,20-21H,2-10,12,16,19H2,1H3/q+1. The van der Waals surface area contributed by atoms with E-state index in [2.05, 4.69) is 46.9 Å². The lowest BCUT2D eigenvalue weighted by molar-refractivity contribution is -0.703. The van der Waals surface area contributed by atoms with Crippen molar-refractivity contribution in [3.05, 3.63) is 60.2 Å². The molecule has 0 bridgehead atoms. The average Bonchev–Trinajstić information content (AvgIpc) is 2.65. The molecule has 2 heterocycles. The fraction of sp³-hybridized carbons (Fsp3) is 0.565. The maximum atomic E-state index is 4.17. The smallest absolute Gasteiger partial charge is 0.178 e. The number of pyridine rings is 2. The highest BCUT2D eigenvalue weighted by molar-refractivity contribution is 5.08. The quantitative estimate of drug-likeness (QED) is 0.332. The van der Waals surface area contributed by atoms with Crippen LogP contribution >= 0.6 is 0 Å². The molecule has 0 spiro atoms. The summed E-state index contributed by atoms with van der Waals surface area (Å²) in [5, 5.41) is 0. The van der Waals surface area contributed by atoms with E-state index in [9.17, 15) is 0 Å². The molecule has 0 aliphatic carbocycles. The molecule has 0 saturated carbocycles. The fourth-order valence-electron chi connectivity index (χ4n) is 3.38. The summed E-state index contributed by atoms with van der Waals surface area (Å²) in [4.78, 5) is 4.17. The predicted molar refractivity (Wildman–Crippen MR) is 105 cm³/mol. The van der Waals surface area contributed by atoms with Crippen molar-refractivity contribution in [1.29, 1.82) is 0 Å². The van der Waals surface area contributed by atoms with Gasteiger partial charge in [0.05, 0.1) is 0 Å². The van der Waals surface area contributed by atoms with E-state index in [1.54, 1.807) is 0 Å². The van der Waals surface area contributed by atoms with E-state index in [-0.39, 0.29) is 0 Å². The van der Waals surface area contributed by atoms with Gasteiger partial charge in [-0.05, 0) is 30.9 Å². The van der Waals surface area contributed by atoms with Crippen molar-refractivity contribution in [2.75, 3.05) is 0 Å². The molecule has 0 aliphatic heterocycles. The van der Waals surface area contributed by atoms with Crippen LogP contribution in [0.3, 0.4) is 0 Å². The molecule has 0 aromatic carbocycles. The summed E-state index contributed by atoms with van der Waals surface area (Å²) < 4.78 is 2.37. The summed E-state index contributed by atoms with van der Waals surface area (Å²) >= 11 is 0. The van der Waals surface area contributed by atoms with Gasteiger partial charge in [0.2, 0.25) is 0 Å². The van der Waals surface area contributed by atoms with Crippen LogP contribution in [0.25, 0.3) is 0 Å². The normalized spacial score (nSPS) is 10.9. The minimum Gasteiger partial charge on any atom is -0.264 e. The molecular weight excluding hydrogens is 304 g/mol. The molecule has 0 saturated heterocycles. The van der Waals surface area contributed by atoms with E-state index in [0.29, 0.717) is 0 Å². The monoisotopic (exact) mass is 339 g/mol. The van der Waals surface area contributed by atoms with Gasteiger partial charge in [0.1, 0.15) is 6.54 Å². The largest absolute Gasteiger partial charge is 0.264 e. The molecule has 2 nitrogen and oxygen atoms in total. The molecule has 136 valence electrons. The van der Waals surface area contributed by atoms with Gasteiger partial charge in [0, 0.05) is 37.9 Å². The van der Waals surface area contributed by atoms with Gasteiger partial charge >= 0.3 is 0 Å². The summed E-state index contributed by atoms with van der Waals surface area (Å²) in [5.41, 5.74) is 2.75. The number of hydrogen-bond acceptors (Lipinski definition) is 1. The number of unbranched alkanes of at least 4 members (excludes halogenated alkanes) is 9. The van der Waals surface area contributed by atoms with E-state index >= 15 is 0 Å². The highest BCUT2D eigenvalue weighted by Crippen LogP contribution is 2.12. The van der Waals surface area contributed by atoms with Crippen molar-refractivity contribution in [2.24, 2.45) is 0 Å². The van der Waals surface area contributed by atoms with Crippen molar-refractivity contribution in [3.63, 3.8) is 0 Å². The van der Waals surface area contributed by atoms with Gasteiger partial charge in [-0.2, -0.15) is 0 Å². The highest BCUT2D eigenvalue weighted by Gasteiger charge is 2.03. The molecule has 0 unspecified atom stereocenters. The minimum atomic E-state index is 1.17. The Labute approximate surface area is 154 Å². The summed E-state index contributed by atoms with van der Waals surface area (Å²) in [6.07, 6.45) is 21.0. The Bertz CT molecular complexity index is 565. The van der Waals surface area contributed by atoms with Gasteiger partial charge in [-0.25, -0.2) is 4.57 Å². The number of aromatic nitrogens is 2. The van der Waals surface area contributed by atoms with Crippen LogP contribution in [0, 0.1) is 6.92 Å². The third-order valence-electron chi connectivity index (χ3n) is 5.00. The Hall–Kier alpha value is -1.70. The molecule has 0 fully saturated rings. The van der Waals surface area contributed by atoms with Crippen molar-refractivity contribution in [3.8, 4) is 0 Å². The van der Waals surface area contributed by atoms with E-state index in [1.165, 1.54) is 88.4 Å². The van der Waals surface area contributed by atoms with E-state index in [1.807, 2.05) is 18.5 Å². The van der Waals surface area contributed by atoms with Gasteiger partial charge in [-0.1, -0.05) is 57.1 Å². The first-order valence-corrected chi connectivity index (χ1v) is 10.2. The van der Waals surface area contributed by atoms with E-state index in [4.69, 9.17) is 0 Å². The molecule has 0 aliphatic rings. The van der Waals surface area contributed by atoms with Crippen LogP contribution in [0.1, 0.15) is 75.5 Å². The van der Waals surface area contributed by atoms with Gasteiger partial charge in [0.15, 0.2) is 11.9 Å². The first kappa shape index (κ1) is 19.6. The second kappa shape index (κ2) is 12.6. The molecule has 0 atom stereocenters. The summed E-state index contributed by atoms with van der Waals surface area (Å²) in [6.45, 7) is 3.36. The Kier molecular flexibility index (Phi) is 9.92. The maximum absolute atomic E-state index is 4.17. The zero-order chi connectivity index (χ0) is 17.6. The molecule has 0 N–H and O–H groups in total. The Morgan fingerprint density at radius 3 is 2.08 bits per heavy atom. The molecule has 25 heavy (non-hydrogen) atoms. The molecule has 2 rings (SSSR count). The third kappa shape index (κ3) is 8.81. The highest BCUT2D eigenvalue weighted by atomic mass is 14.9. The maximum Gasteiger partial charge on any atom is 0.178 e. The molecule has 0 amide bonds. The fourth-order valence-corrected chi connectivity index (χ4v) is 3.38. The van der Waals surface area contributed by atoms with Crippen molar-refractivity contribution >= 4 is 0 Å². The zero-order valence-electron chi connectivity index (χ0n) is 16.0. The van der Waals surface area contributed by atoms with Crippen LogP contribution in [-0.4, -0.2) is 4.98 Å². The zero-order valence-corrected chi connectivity index (χ0v) is 16.0. The number of hydrogen-bond donors (Lipinski definition) is 0. The minimum absolute atomic E-state index is 1.17. The van der Waals surface area contributed by atoms with Crippen LogP contribution < -0.4 is 4.57 Å².